The van der Waals surface area contributed by atoms with Crippen molar-refractivity contribution in [3.05, 3.63) is 0 Å². The standard InChI is InChI=1S/C10H16O/c1-10(2,3)6-4-9-5-7-11-8-9/h9H,5,7-8H2,1-3H3/t9-/m1/s1. The molecule has 1 aliphatic rings. The minimum absolute atomic E-state index is 0.141. The van der Waals surface area contributed by atoms with Gasteiger partial charge in [-0.25, -0.2) is 0 Å². The Bertz CT molecular complexity index is 171. The van der Waals surface area contributed by atoms with Crippen LogP contribution in [0.2, 0.25) is 0 Å². The predicted molar refractivity (Wildman–Crippen MR) is 46.2 cm³/mol. The van der Waals surface area contributed by atoms with E-state index in [1.807, 2.05) is 0 Å². The number of hydrogen-bond acceptors (Lipinski definition) is 1. The van der Waals surface area contributed by atoms with Crippen molar-refractivity contribution < 1.29 is 4.74 Å². The lowest BCUT2D eigenvalue weighted by atomic mass is 9.96. The summed E-state index contributed by atoms with van der Waals surface area (Å²) in [6, 6.07) is 0. The van der Waals surface area contributed by atoms with Crippen LogP contribution in [0, 0.1) is 23.2 Å². The normalized spacial score (nSPS) is 24.5. The first kappa shape index (κ1) is 8.62. The van der Waals surface area contributed by atoms with E-state index in [9.17, 15) is 0 Å². The minimum atomic E-state index is 0.141. The SMILES string of the molecule is CC(C)(C)C#C[C@@H]1CCOC1. The number of rotatable bonds is 0. The van der Waals surface area contributed by atoms with Gasteiger partial charge in [0, 0.05) is 17.9 Å². The average molecular weight is 152 g/mol. The summed E-state index contributed by atoms with van der Waals surface area (Å²) >= 11 is 0. The van der Waals surface area contributed by atoms with E-state index in [2.05, 4.69) is 32.6 Å². The van der Waals surface area contributed by atoms with Gasteiger partial charge in [0.25, 0.3) is 0 Å². The van der Waals surface area contributed by atoms with Crippen molar-refractivity contribution in [2.45, 2.75) is 27.2 Å². The summed E-state index contributed by atoms with van der Waals surface area (Å²) in [5.74, 6) is 6.97. The van der Waals surface area contributed by atoms with Crippen molar-refractivity contribution in [2.75, 3.05) is 13.2 Å². The van der Waals surface area contributed by atoms with Gasteiger partial charge >= 0.3 is 0 Å². The lowest BCUT2D eigenvalue weighted by Gasteiger charge is -2.07. The summed E-state index contributed by atoms with van der Waals surface area (Å²) in [5, 5.41) is 0. The lowest BCUT2D eigenvalue weighted by molar-refractivity contribution is 0.192. The maximum absolute atomic E-state index is 5.22. The highest BCUT2D eigenvalue weighted by atomic mass is 16.5. The summed E-state index contributed by atoms with van der Waals surface area (Å²) in [6.07, 6.45) is 1.11. The monoisotopic (exact) mass is 152 g/mol. The summed E-state index contributed by atoms with van der Waals surface area (Å²) in [4.78, 5) is 0. The molecule has 0 amide bonds. The van der Waals surface area contributed by atoms with Gasteiger partial charge < -0.3 is 4.74 Å². The molecule has 1 heteroatoms. The van der Waals surface area contributed by atoms with Crippen molar-refractivity contribution in [1.29, 1.82) is 0 Å². The number of hydrogen-bond donors (Lipinski definition) is 0. The Morgan fingerprint density at radius 2 is 2.09 bits per heavy atom. The van der Waals surface area contributed by atoms with Crippen LogP contribution in [0.15, 0.2) is 0 Å². The second-order valence-corrected chi connectivity index (χ2v) is 4.08. The summed E-state index contributed by atoms with van der Waals surface area (Å²) in [5.41, 5.74) is 0.141. The third kappa shape index (κ3) is 3.43. The van der Waals surface area contributed by atoms with Crippen molar-refractivity contribution in [3.63, 3.8) is 0 Å². The zero-order valence-electron chi connectivity index (χ0n) is 7.61. The highest BCUT2D eigenvalue weighted by Gasteiger charge is 2.13. The summed E-state index contributed by atoms with van der Waals surface area (Å²) in [6.45, 7) is 8.13. The smallest absolute Gasteiger partial charge is 0.0604 e. The third-order valence-electron chi connectivity index (χ3n) is 1.58. The molecule has 0 aliphatic carbocycles. The first-order valence-corrected chi connectivity index (χ1v) is 4.18. The quantitative estimate of drug-likeness (QED) is 0.483. The van der Waals surface area contributed by atoms with E-state index >= 15 is 0 Å². The van der Waals surface area contributed by atoms with Gasteiger partial charge in [-0.1, -0.05) is 11.8 Å². The predicted octanol–water partition coefficient (Wildman–Crippen LogP) is 2.07. The molecule has 1 aliphatic heterocycles. The molecule has 0 saturated carbocycles. The molecule has 1 rings (SSSR count). The van der Waals surface area contributed by atoms with Crippen molar-refractivity contribution >= 4 is 0 Å². The van der Waals surface area contributed by atoms with Crippen molar-refractivity contribution in [3.8, 4) is 11.8 Å². The van der Waals surface area contributed by atoms with Gasteiger partial charge in [0.2, 0.25) is 0 Å². The van der Waals surface area contributed by atoms with E-state index in [-0.39, 0.29) is 5.41 Å². The van der Waals surface area contributed by atoms with Crippen LogP contribution in [-0.4, -0.2) is 13.2 Å². The van der Waals surface area contributed by atoms with Gasteiger partial charge in [-0.2, -0.15) is 0 Å². The Morgan fingerprint density at radius 3 is 2.55 bits per heavy atom. The molecule has 1 nitrogen and oxygen atoms in total. The average Bonchev–Trinajstić information content (AvgIpc) is 2.32. The third-order valence-corrected chi connectivity index (χ3v) is 1.58. The molecule has 0 unspecified atom stereocenters. The fourth-order valence-electron chi connectivity index (χ4n) is 0.967. The molecule has 62 valence electrons. The molecular formula is C10H16O. The first-order chi connectivity index (χ1) is 5.08. The van der Waals surface area contributed by atoms with E-state index < -0.39 is 0 Å². The van der Waals surface area contributed by atoms with Crippen LogP contribution in [0.4, 0.5) is 0 Å². The van der Waals surface area contributed by atoms with Gasteiger partial charge in [-0.15, -0.1) is 0 Å². The Labute approximate surface area is 69.1 Å². The highest BCUT2D eigenvalue weighted by molar-refractivity contribution is 5.10. The molecule has 1 fully saturated rings. The van der Waals surface area contributed by atoms with Gasteiger partial charge in [0.15, 0.2) is 0 Å². The molecule has 0 radical (unpaired) electrons. The summed E-state index contributed by atoms with van der Waals surface area (Å²) in [7, 11) is 0. The zero-order valence-corrected chi connectivity index (χ0v) is 7.61. The zero-order chi connectivity index (χ0) is 8.32. The Kier molecular flexibility index (Phi) is 2.57. The second kappa shape index (κ2) is 3.28. The number of ether oxygens (including phenoxy) is 1. The van der Waals surface area contributed by atoms with Gasteiger partial charge in [-0.05, 0) is 27.2 Å². The van der Waals surface area contributed by atoms with E-state index in [1.165, 1.54) is 0 Å². The Balaban J connectivity index is 2.42. The van der Waals surface area contributed by atoms with Crippen LogP contribution in [0.1, 0.15) is 27.2 Å². The van der Waals surface area contributed by atoms with Crippen LogP contribution in [0.5, 0.6) is 0 Å². The van der Waals surface area contributed by atoms with E-state index in [0.717, 1.165) is 19.6 Å². The van der Waals surface area contributed by atoms with Crippen molar-refractivity contribution in [1.82, 2.24) is 0 Å². The van der Waals surface area contributed by atoms with Crippen LogP contribution >= 0.6 is 0 Å². The molecule has 11 heavy (non-hydrogen) atoms. The maximum atomic E-state index is 5.22. The molecule has 1 saturated heterocycles. The van der Waals surface area contributed by atoms with E-state index in [4.69, 9.17) is 4.74 Å². The van der Waals surface area contributed by atoms with Gasteiger partial charge in [0.1, 0.15) is 0 Å². The van der Waals surface area contributed by atoms with Crippen LogP contribution in [0.25, 0.3) is 0 Å². The fraction of sp³-hybridized carbons (Fsp3) is 0.800. The lowest BCUT2D eigenvalue weighted by Crippen LogP contribution is -2.02. The minimum Gasteiger partial charge on any atom is -0.380 e. The molecule has 0 bridgehead atoms. The Hall–Kier alpha value is -0.480. The van der Waals surface area contributed by atoms with Gasteiger partial charge in [0.05, 0.1) is 6.61 Å². The first-order valence-electron chi connectivity index (χ1n) is 4.18. The molecule has 0 aromatic carbocycles. The molecule has 0 aromatic rings. The van der Waals surface area contributed by atoms with E-state index in [0.29, 0.717) is 5.92 Å². The molecular weight excluding hydrogens is 136 g/mol. The van der Waals surface area contributed by atoms with Crippen molar-refractivity contribution in [2.24, 2.45) is 11.3 Å². The molecule has 1 heterocycles. The van der Waals surface area contributed by atoms with Crippen LogP contribution in [0.3, 0.4) is 0 Å². The largest absolute Gasteiger partial charge is 0.380 e. The van der Waals surface area contributed by atoms with Crippen LogP contribution in [-0.2, 0) is 4.74 Å². The fourth-order valence-corrected chi connectivity index (χ4v) is 0.967. The molecule has 0 spiro atoms. The maximum Gasteiger partial charge on any atom is 0.0604 e. The molecule has 1 atom stereocenters. The van der Waals surface area contributed by atoms with Gasteiger partial charge in [-0.3, -0.25) is 0 Å². The Morgan fingerprint density at radius 1 is 1.36 bits per heavy atom. The van der Waals surface area contributed by atoms with Crippen LogP contribution < -0.4 is 0 Å². The topological polar surface area (TPSA) is 9.23 Å². The molecule has 0 aromatic heterocycles. The summed E-state index contributed by atoms with van der Waals surface area (Å²) < 4.78 is 5.22. The molecule has 0 N–H and O–H groups in total. The second-order valence-electron chi connectivity index (χ2n) is 4.08. The highest BCUT2D eigenvalue weighted by Crippen LogP contribution is 2.14. The van der Waals surface area contributed by atoms with E-state index in [1.54, 1.807) is 0 Å².